The number of halogens is 1. The van der Waals surface area contributed by atoms with Crippen molar-refractivity contribution in [2.24, 2.45) is 5.41 Å². The normalized spacial score (nSPS) is 12.5. The summed E-state index contributed by atoms with van der Waals surface area (Å²) in [4.78, 5) is 4.93. The number of rotatable bonds is 8. The largest absolute Gasteiger partial charge is 0.493 e. The first kappa shape index (κ1) is 27.8. The molecule has 9 heteroatoms. The van der Waals surface area contributed by atoms with Crippen molar-refractivity contribution < 1.29 is 17.3 Å². The monoisotopic (exact) mass is 555 g/mol. The third-order valence-corrected chi connectivity index (χ3v) is 7.45. The summed E-state index contributed by atoms with van der Waals surface area (Å²) < 4.78 is 38.8. The van der Waals surface area contributed by atoms with Crippen LogP contribution in [0.5, 0.6) is 11.5 Å². The summed E-state index contributed by atoms with van der Waals surface area (Å²) in [6.07, 6.45) is 2.93. The summed E-state index contributed by atoms with van der Waals surface area (Å²) in [7, 11) is -2.61. The molecule has 0 aliphatic heterocycles. The molecule has 2 aromatic heterocycles. The highest BCUT2D eigenvalue weighted by Crippen LogP contribution is 2.39. The number of aryl methyl sites for hydroxylation is 1. The van der Waals surface area contributed by atoms with E-state index >= 15 is 0 Å². The maximum Gasteiger partial charge on any atom is 0.339 e. The van der Waals surface area contributed by atoms with Gasteiger partial charge in [0.2, 0.25) is 0 Å². The highest BCUT2D eigenvalue weighted by molar-refractivity contribution is 7.87. The Morgan fingerprint density at radius 3 is 2.29 bits per heavy atom. The van der Waals surface area contributed by atoms with Crippen LogP contribution in [-0.4, -0.2) is 30.5 Å². The maximum absolute atomic E-state index is 12.9. The van der Waals surface area contributed by atoms with Gasteiger partial charge in [0.25, 0.3) is 0 Å². The summed E-state index contributed by atoms with van der Waals surface area (Å²) >= 11 is 5.90. The topological polar surface area (TPSA) is 81.9 Å². The molecule has 0 atom stereocenters. The fourth-order valence-corrected chi connectivity index (χ4v) is 5.87. The minimum Gasteiger partial charge on any atom is -0.493 e. The van der Waals surface area contributed by atoms with E-state index in [4.69, 9.17) is 25.5 Å². The Bertz CT molecular complexity index is 1570. The van der Waals surface area contributed by atoms with Crippen LogP contribution in [0.25, 0.3) is 16.9 Å². The molecule has 0 bridgehead atoms. The Morgan fingerprint density at radius 2 is 1.66 bits per heavy atom. The molecule has 2 aromatic carbocycles. The van der Waals surface area contributed by atoms with Gasteiger partial charge in [0.1, 0.15) is 22.1 Å². The van der Waals surface area contributed by atoms with E-state index in [9.17, 15) is 8.42 Å². The van der Waals surface area contributed by atoms with Crippen molar-refractivity contribution in [3.63, 3.8) is 0 Å². The van der Waals surface area contributed by atoms with Crippen LogP contribution < -0.4 is 14.2 Å². The predicted molar refractivity (Wildman–Crippen MR) is 153 cm³/mol. The van der Waals surface area contributed by atoms with E-state index in [2.05, 4.69) is 39.9 Å². The van der Waals surface area contributed by atoms with Gasteiger partial charge in [0.05, 0.1) is 7.11 Å². The van der Waals surface area contributed by atoms with Gasteiger partial charge in [0, 0.05) is 22.3 Å². The van der Waals surface area contributed by atoms with Crippen molar-refractivity contribution in [1.29, 1.82) is 0 Å². The van der Waals surface area contributed by atoms with E-state index in [0.29, 0.717) is 5.02 Å². The summed E-state index contributed by atoms with van der Waals surface area (Å²) in [5, 5.41) is 4.16. The van der Waals surface area contributed by atoms with Crippen LogP contribution in [0, 0.1) is 12.3 Å². The second-order valence-electron chi connectivity index (χ2n) is 11.3. The lowest BCUT2D eigenvalue weighted by molar-refractivity contribution is 0.302. The minimum atomic E-state index is -4.09. The van der Waals surface area contributed by atoms with Crippen molar-refractivity contribution in [1.82, 2.24) is 9.38 Å². The number of methoxy groups -OCH3 is 1. The molecule has 0 fully saturated rings. The van der Waals surface area contributed by atoms with Gasteiger partial charge >= 0.3 is 10.1 Å². The number of anilines is 1. The molecule has 0 aliphatic rings. The number of pyridine rings is 1. The summed E-state index contributed by atoms with van der Waals surface area (Å²) in [5.41, 5.74) is 3.28. The van der Waals surface area contributed by atoms with Crippen molar-refractivity contribution in [2.45, 2.75) is 58.4 Å². The van der Waals surface area contributed by atoms with Crippen molar-refractivity contribution >= 4 is 33.2 Å². The van der Waals surface area contributed by atoms with Crippen molar-refractivity contribution in [2.75, 3.05) is 12.4 Å². The van der Waals surface area contributed by atoms with Crippen LogP contribution in [0.15, 0.2) is 65.7 Å². The van der Waals surface area contributed by atoms with Crippen LogP contribution in [0.4, 0.5) is 5.82 Å². The second-order valence-corrected chi connectivity index (χ2v) is 13.3. The molecule has 4 rings (SSSR count). The molecule has 2 heterocycles. The van der Waals surface area contributed by atoms with E-state index in [0.717, 1.165) is 34.7 Å². The smallest absolute Gasteiger partial charge is 0.339 e. The molecular weight excluding hydrogens is 522 g/mol. The average Bonchev–Trinajstić information content (AvgIpc) is 3.14. The summed E-state index contributed by atoms with van der Waals surface area (Å²) in [5.74, 6) is 1.19. The number of nitrogens with zero attached hydrogens (tertiary/aromatic N) is 2. The molecule has 0 saturated heterocycles. The Balaban J connectivity index is 1.76. The second kappa shape index (κ2) is 10.2. The highest BCUT2D eigenvalue weighted by Gasteiger charge is 2.28. The molecule has 1 N–H and O–H groups in total. The van der Waals surface area contributed by atoms with Gasteiger partial charge in [-0.15, -0.1) is 0 Å². The summed E-state index contributed by atoms with van der Waals surface area (Å²) in [6.45, 7) is 13.0. The maximum atomic E-state index is 12.9. The standard InChI is InChI=1S/C29H34ClN3O4S/c1-19-14-15-33-25(16-19)31-26(27(33)32-29(5,6)18-28(2,3)4)20-8-13-23(24(17-20)36-7)37-38(34,35)22-11-9-21(30)10-12-22/h8-17,32H,18H2,1-7H3. The van der Waals surface area contributed by atoms with Crippen LogP contribution in [0.1, 0.15) is 46.6 Å². The first-order valence-corrected chi connectivity index (χ1v) is 14.1. The van der Waals surface area contributed by atoms with Crippen molar-refractivity contribution in [3.8, 4) is 22.8 Å². The molecule has 0 amide bonds. The van der Waals surface area contributed by atoms with Crippen molar-refractivity contribution in [3.05, 3.63) is 71.4 Å². The van der Waals surface area contributed by atoms with Crippen LogP contribution in [-0.2, 0) is 10.1 Å². The number of hydrogen-bond donors (Lipinski definition) is 1. The fourth-order valence-electron chi connectivity index (χ4n) is 4.81. The first-order valence-electron chi connectivity index (χ1n) is 12.3. The molecule has 0 radical (unpaired) electrons. The van der Waals surface area contributed by atoms with Gasteiger partial charge in [-0.2, -0.15) is 8.42 Å². The third kappa shape index (κ3) is 6.25. The number of imidazole rings is 1. The SMILES string of the molecule is COc1cc(-c2nc3cc(C)ccn3c2NC(C)(C)CC(C)(C)C)ccc1OS(=O)(=O)c1ccc(Cl)cc1. The quantitative estimate of drug-likeness (QED) is 0.229. The van der Waals surface area contributed by atoms with Gasteiger partial charge in [0.15, 0.2) is 11.5 Å². The number of ether oxygens (including phenoxy) is 1. The van der Waals surface area contributed by atoms with E-state index < -0.39 is 10.1 Å². The summed E-state index contributed by atoms with van der Waals surface area (Å²) in [6, 6.07) is 15.0. The van der Waals surface area contributed by atoms with Gasteiger partial charge in [-0.05, 0) is 92.8 Å². The zero-order chi connectivity index (χ0) is 27.9. The molecule has 0 aliphatic carbocycles. The molecular formula is C29H34ClN3O4S. The van der Waals surface area contributed by atoms with E-state index in [1.54, 1.807) is 18.2 Å². The predicted octanol–water partition coefficient (Wildman–Crippen LogP) is 7.37. The zero-order valence-electron chi connectivity index (χ0n) is 22.8. The van der Waals surface area contributed by atoms with Gasteiger partial charge < -0.3 is 14.2 Å². The van der Waals surface area contributed by atoms with Crippen LogP contribution in [0.3, 0.4) is 0 Å². The zero-order valence-corrected chi connectivity index (χ0v) is 24.4. The number of aromatic nitrogens is 2. The molecule has 0 spiro atoms. The Kier molecular flexibility index (Phi) is 7.43. The molecule has 202 valence electrons. The van der Waals surface area contributed by atoms with Gasteiger partial charge in [-0.3, -0.25) is 4.40 Å². The lowest BCUT2D eigenvalue weighted by Gasteiger charge is -2.34. The minimum absolute atomic E-state index is 0.00341. The van der Waals surface area contributed by atoms with E-state index in [1.165, 1.54) is 31.4 Å². The Labute approximate surface area is 229 Å². The Morgan fingerprint density at radius 1 is 0.974 bits per heavy atom. The lowest BCUT2D eigenvalue weighted by Crippen LogP contribution is -2.36. The molecule has 7 nitrogen and oxygen atoms in total. The molecule has 38 heavy (non-hydrogen) atoms. The van der Waals surface area contributed by atoms with Gasteiger partial charge in [-0.1, -0.05) is 32.4 Å². The number of hydrogen-bond acceptors (Lipinski definition) is 6. The van der Waals surface area contributed by atoms with E-state index in [-0.39, 0.29) is 27.3 Å². The first-order chi connectivity index (χ1) is 17.7. The number of fused-ring (bicyclic) bond motifs is 1. The van der Waals surface area contributed by atoms with Crippen LogP contribution >= 0.6 is 11.6 Å². The fraction of sp³-hybridized carbons (Fsp3) is 0.345. The number of nitrogens with one attached hydrogen (secondary N) is 1. The van der Waals surface area contributed by atoms with Gasteiger partial charge in [-0.25, -0.2) is 4.98 Å². The number of benzene rings is 2. The average molecular weight is 556 g/mol. The van der Waals surface area contributed by atoms with E-state index in [1.807, 2.05) is 29.7 Å². The lowest BCUT2D eigenvalue weighted by atomic mass is 9.82. The molecule has 4 aromatic rings. The molecule has 0 unspecified atom stereocenters. The highest BCUT2D eigenvalue weighted by atomic mass is 35.5. The molecule has 0 saturated carbocycles. The third-order valence-electron chi connectivity index (χ3n) is 5.95. The van der Waals surface area contributed by atoms with Crippen LogP contribution in [0.2, 0.25) is 5.02 Å². The Hall–Kier alpha value is -3.23.